The van der Waals surface area contributed by atoms with Gasteiger partial charge in [0, 0.05) is 10.4 Å². The van der Waals surface area contributed by atoms with Crippen LogP contribution in [0, 0.1) is 12.8 Å². The minimum absolute atomic E-state index is 0.0513. The first-order valence-electron chi connectivity index (χ1n) is 17.4. The molecule has 1 aromatic carbocycles. The van der Waals surface area contributed by atoms with Gasteiger partial charge in [0.15, 0.2) is 0 Å². The van der Waals surface area contributed by atoms with Gasteiger partial charge in [-0.2, -0.15) is 0 Å². The lowest BCUT2D eigenvalue weighted by Crippen LogP contribution is -2.59. The van der Waals surface area contributed by atoms with Gasteiger partial charge in [-0.25, -0.2) is 0 Å². The second-order valence-corrected chi connectivity index (χ2v) is 14.6. The van der Waals surface area contributed by atoms with Gasteiger partial charge in [-0.15, -0.1) is 11.3 Å². The maximum absolute atomic E-state index is 13.4. The van der Waals surface area contributed by atoms with Crippen LogP contribution in [-0.4, -0.2) is 55.3 Å². The number of unbranched alkanes of at least 4 members (excludes halogenated alkanes) is 10. The summed E-state index contributed by atoms with van der Waals surface area (Å²) >= 11 is 1.83. The molecular weight excluding hydrogens is 552 g/mol. The van der Waals surface area contributed by atoms with Crippen molar-refractivity contribution in [2.75, 3.05) is 50.6 Å². The number of hydrogen-bond acceptors (Lipinski definition) is 6. The van der Waals surface area contributed by atoms with E-state index in [4.69, 9.17) is 4.74 Å². The quantitative estimate of drug-likeness (QED) is 0.0999. The highest BCUT2D eigenvalue weighted by Gasteiger charge is 2.36. The molecule has 0 bridgehead atoms. The number of thiophene rings is 1. The topological polar surface area (TPSA) is 53.6 Å². The predicted octanol–water partition coefficient (Wildman–Crippen LogP) is 9.60. The molecule has 1 aromatic heterocycles. The number of ether oxygens (including phenoxy) is 1. The third-order valence-corrected chi connectivity index (χ3v) is 10.5. The Morgan fingerprint density at radius 3 is 2.14 bits per heavy atom. The van der Waals surface area contributed by atoms with Crippen LogP contribution in [0.15, 0.2) is 30.3 Å². The van der Waals surface area contributed by atoms with Gasteiger partial charge in [0.25, 0.3) is 0 Å². The molecule has 240 valence electrons. The predicted molar refractivity (Wildman–Crippen MR) is 183 cm³/mol. The summed E-state index contributed by atoms with van der Waals surface area (Å²) in [6, 6.07) is 10.8. The summed E-state index contributed by atoms with van der Waals surface area (Å²) in [6.07, 6.45) is 17.3. The van der Waals surface area contributed by atoms with Crippen molar-refractivity contribution in [1.82, 2.24) is 4.90 Å². The number of likely N-dealkylation sites (N-methyl/N-ethyl adjacent to an activating group) is 1. The largest absolute Gasteiger partial charge is 0.415 e. The Labute approximate surface area is 266 Å². The second-order valence-electron chi connectivity index (χ2n) is 13.4. The summed E-state index contributed by atoms with van der Waals surface area (Å²) in [7, 11) is 2.26. The minimum atomic E-state index is 0.0513. The number of para-hydroxylation sites is 2. The number of rotatable bonds is 18. The summed E-state index contributed by atoms with van der Waals surface area (Å²) in [5, 5.41) is 8.75. The fourth-order valence-corrected chi connectivity index (χ4v) is 7.56. The Hall–Kier alpha value is -2.09. The zero-order chi connectivity index (χ0) is 30.5. The number of quaternary nitrogens is 1. The van der Waals surface area contributed by atoms with Crippen molar-refractivity contribution < 1.29 is 14.0 Å². The fraction of sp³-hybridized carbons (Fsp3) is 0.694. The molecule has 0 aliphatic carbocycles. The summed E-state index contributed by atoms with van der Waals surface area (Å²) in [5.41, 5.74) is 3.61. The molecule has 7 heteroatoms. The standard InChI is InChI=1S/C36H59N4O2S/c1-5-7-9-11-13-15-19-30(20-16-14-12-10-8-6-2)36(41)42-28-40(4)25-23-39(24-26-40)34-31-27-29(3)43-35(31)38-33-22-18-17-21-32(33)37-34/h17-18,21-22,27,30,34,37-38H,5-16,19-20,23-26,28H2,1-4H3/q+1. The van der Waals surface area contributed by atoms with Gasteiger partial charge in [-0.1, -0.05) is 103 Å². The van der Waals surface area contributed by atoms with E-state index in [2.05, 4.69) is 73.7 Å². The first kappa shape index (κ1) is 33.8. The maximum Gasteiger partial charge on any atom is 0.313 e. The van der Waals surface area contributed by atoms with Crippen molar-refractivity contribution in [2.45, 2.75) is 117 Å². The summed E-state index contributed by atoms with van der Waals surface area (Å²) in [6.45, 7) is 11.1. The second kappa shape index (κ2) is 17.4. The number of piperazine rings is 1. The molecular formula is C36H59N4O2S+. The molecule has 1 unspecified atom stereocenters. The van der Waals surface area contributed by atoms with Gasteiger partial charge in [0.2, 0.25) is 6.73 Å². The van der Waals surface area contributed by atoms with Crippen molar-refractivity contribution in [2.24, 2.45) is 5.92 Å². The van der Waals surface area contributed by atoms with Crippen molar-refractivity contribution in [1.29, 1.82) is 0 Å². The smallest absolute Gasteiger partial charge is 0.313 e. The molecule has 0 amide bonds. The molecule has 0 saturated carbocycles. The molecule has 2 aliphatic rings. The number of aryl methyl sites for hydroxylation is 1. The van der Waals surface area contributed by atoms with E-state index in [0.29, 0.717) is 6.73 Å². The molecule has 3 heterocycles. The lowest BCUT2D eigenvalue weighted by Gasteiger charge is -2.43. The average Bonchev–Trinajstić information content (AvgIpc) is 3.30. The number of esters is 1. The zero-order valence-electron chi connectivity index (χ0n) is 27.6. The van der Waals surface area contributed by atoms with E-state index in [1.54, 1.807) is 0 Å². The molecule has 1 atom stereocenters. The molecule has 1 saturated heterocycles. The third-order valence-electron chi connectivity index (χ3n) is 9.53. The van der Waals surface area contributed by atoms with Crippen LogP contribution in [0.3, 0.4) is 0 Å². The zero-order valence-corrected chi connectivity index (χ0v) is 28.4. The number of nitrogens with one attached hydrogen (secondary N) is 2. The molecule has 43 heavy (non-hydrogen) atoms. The molecule has 2 N–H and O–H groups in total. The number of hydrogen-bond donors (Lipinski definition) is 2. The minimum Gasteiger partial charge on any atom is -0.415 e. The van der Waals surface area contributed by atoms with Crippen LogP contribution >= 0.6 is 11.3 Å². The Bertz CT molecular complexity index is 1090. The number of carbonyl (C=O) groups is 1. The number of carbonyl (C=O) groups excluding carboxylic acids is 1. The van der Waals surface area contributed by atoms with E-state index in [0.717, 1.165) is 67.7 Å². The monoisotopic (exact) mass is 611 g/mol. The van der Waals surface area contributed by atoms with E-state index in [9.17, 15) is 4.79 Å². The SMILES string of the molecule is CCCCCCCCC(CCCCCCCC)C(=O)OC[N+]1(C)CCN(C2Nc3ccccc3Nc3sc(C)cc32)CC1. The number of benzene rings is 1. The van der Waals surface area contributed by atoms with Crippen LogP contribution in [-0.2, 0) is 9.53 Å². The van der Waals surface area contributed by atoms with Gasteiger partial charge >= 0.3 is 5.97 Å². The molecule has 4 rings (SSSR count). The van der Waals surface area contributed by atoms with Gasteiger partial charge in [0.1, 0.15) is 6.17 Å². The Morgan fingerprint density at radius 1 is 0.930 bits per heavy atom. The number of anilines is 3. The first-order chi connectivity index (χ1) is 20.9. The Morgan fingerprint density at radius 2 is 1.51 bits per heavy atom. The number of fused-ring (bicyclic) bond motifs is 2. The van der Waals surface area contributed by atoms with E-state index >= 15 is 0 Å². The molecule has 6 nitrogen and oxygen atoms in total. The van der Waals surface area contributed by atoms with Crippen LogP contribution in [0.5, 0.6) is 0 Å². The van der Waals surface area contributed by atoms with Crippen LogP contribution in [0.25, 0.3) is 0 Å². The maximum atomic E-state index is 13.4. The van der Waals surface area contributed by atoms with Gasteiger partial charge in [-0.05, 0) is 38.0 Å². The molecule has 0 spiro atoms. The van der Waals surface area contributed by atoms with E-state index in [-0.39, 0.29) is 18.1 Å². The van der Waals surface area contributed by atoms with E-state index in [1.165, 1.54) is 79.6 Å². The third kappa shape index (κ3) is 10.2. The average molecular weight is 612 g/mol. The molecule has 2 aliphatic heterocycles. The highest BCUT2D eigenvalue weighted by Crippen LogP contribution is 2.43. The van der Waals surface area contributed by atoms with Gasteiger partial charge in [-0.3, -0.25) is 14.2 Å². The normalized spacial score (nSPS) is 17.9. The number of nitrogens with zero attached hydrogens (tertiary/aromatic N) is 2. The fourth-order valence-electron chi connectivity index (χ4n) is 6.60. The molecule has 0 radical (unpaired) electrons. The molecule has 1 fully saturated rings. The lowest BCUT2D eigenvalue weighted by atomic mass is 9.94. The highest BCUT2D eigenvalue weighted by molar-refractivity contribution is 7.16. The lowest BCUT2D eigenvalue weighted by molar-refractivity contribution is -0.929. The van der Waals surface area contributed by atoms with E-state index in [1.807, 2.05) is 11.3 Å². The molecule has 2 aromatic rings. The van der Waals surface area contributed by atoms with Crippen molar-refractivity contribution >= 4 is 33.7 Å². The van der Waals surface area contributed by atoms with Crippen LogP contribution < -0.4 is 10.6 Å². The van der Waals surface area contributed by atoms with Crippen molar-refractivity contribution in [3.8, 4) is 0 Å². The Balaban J connectivity index is 1.29. The van der Waals surface area contributed by atoms with Crippen molar-refractivity contribution in [3.63, 3.8) is 0 Å². The summed E-state index contributed by atoms with van der Waals surface area (Å²) in [5.74, 6) is 0.114. The summed E-state index contributed by atoms with van der Waals surface area (Å²) in [4.78, 5) is 17.3. The van der Waals surface area contributed by atoms with Gasteiger partial charge < -0.3 is 15.4 Å². The highest BCUT2D eigenvalue weighted by atomic mass is 32.1. The van der Waals surface area contributed by atoms with Gasteiger partial charge in [0.05, 0.1) is 55.5 Å². The van der Waals surface area contributed by atoms with Crippen LogP contribution in [0.2, 0.25) is 0 Å². The first-order valence-corrected chi connectivity index (χ1v) is 18.2. The van der Waals surface area contributed by atoms with Crippen LogP contribution in [0.4, 0.5) is 16.4 Å². The van der Waals surface area contributed by atoms with E-state index < -0.39 is 0 Å². The van der Waals surface area contributed by atoms with Crippen molar-refractivity contribution in [3.05, 3.63) is 40.8 Å². The van der Waals surface area contributed by atoms with Crippen LogP contribution in [0.1, 0.15) is 120 Å². The Kier molecular flexibility index (Phi) is 13.7. The summed E-state index contributed by atoms with van der Waals surface area (Å²) < 4.78 is 6.93.